The van der Waals surface area contributed by atoms with Crippen LogP contribution in [-0.2, 0) is 6.42 Å². The fourth-order valence-electron chi connectivity index (χ4n) is 1.74. The summed E-state index contributed by atoms with van der Waals surface area (Å²) >= 11 is 5.96. The molecule has 0 saturated heterocycles. The Kier molecular flexibility index (Phi) is 2.67. The van der Waals surface area contributed by atoms with Crippen LogP contribution >= 0.6 is 11.6 Å². The molecule has 4 heteroatoms. The first-order valence-electron chi connectivity index (χ1n) is 4.96. The summed E-state index contributed by atoms with van der Waals surface area (Å²) < 4.78 is 2.03. The Morgan fingerprint density at radius 1 is 1.60 bits per heavy atom. The number of aromatic nitrogens is 2. The van der Waals surface area contributed by atoms with Crippen LogP contribution in [0.5, 0.6) is 0 Å². The molecule has 0 spiro atoms. The largest absolute Gasteiger partial charge is 0.328 e. The fraction of sp³-hybridized carbons (Fsp3) is 0.364. The van der Waals surface area contributed by atoms with Crippen molar-refractivity contribution in [1.29, 1.82) is 0 Å². The molecule has 0 amide bonds. The normalized spacial score (nSPS) is 13.3. The molecule has 0 fully saturated rings. The molecular weight excluding hydrogens is 210 g/mol. The van der Waals surface area contributed by atoms with E-state index in [0.717, 1.165) is 28.5 Å². The number of fused-ring (bicyclic) bond motifs is 1. The molecule has 80 valence electrons. The van der Waals surface area contributed by atoms with Gasteiger partial charge < -0.3 is 10.1 Å². The van der Waals surface area contributed by atoms with Crippen molar-refractivity contribution in [3.63, 3.8) is 0 Å². The number of hydrogen-bond acceptors (Lipinski definition) is 2. The molecule has 0 aliphatic heterocycles. The predicted octanol–water partition coefficient (Wildman–Crippen LogP) is 2.19. The zero-order chi connectivity index (χ0) is 11.0. The maximum Gasteiger partial charge on any atom is 0.110 e. The monoisotopic (exact) mass is 223 g/mol. The van der Waals surface area contributed by atoms with Crippen LogP contribution < -0.4 is 5.73 Å². The molecule has 0 radical (unpaired) electrons. The van der Waals surface area contributed by atoms with Gasteiger partial charge in [-0.05, 0) is 26.0 Å². The molecule has 3 nitrogen and oxygen atoms in total. The first-order valence-corrected chi connectivity index (χ1v) is 5.34. The molecule has 0 aromatic carbocycles. The fourth-order valence-corrected chi connectivity index (χ4v) is 1.90. The zero-order valence-electron chi connectivity index (χ0n) is 8.87. The number of halogens is 1. The number of hydrogen-bond donors (Lipinski definition) is 1. The Morgan fingerprint density at radius 2 is 2.33 bits per heavy atom. The van der Waals surface area contributed by atoms with Gasteiger partial charge in [-0.15, -0.1) is 0 Å². The molecule has 1 atom stereocenters. The number of rotatable bonds is 2. The van der Waals surface area contributed by atoms with Crippen molar-refractivity contribution in [2.45, 2.75) is 26.3 Å². The topological polar surface area (TPSA) is 43.3 Å². The van der Waals surface area contributed by atoms with E-state index in [-0.39, 0.29) is 6.04 Å². The van der Waals surface area contributed by atoms with Gasteiger partial charge in [-0.3, -0.25) is 0 Å². The maximum atomic E-state index is 5.96. The van der Waals surface area contributed by atoms with E-state index in [1.54, 1.807) is 0 Å². The Bertz CT molecular complexity index is 488. The highest BCUT2D eigenvalue weighted by Gasteiger charge is 2.09. The van der Waals surface area contributed by atoms with Crippen molar-refractivity contribution in [1.82, 2.24) is 9.38 Å². The zero-order valence-corrected chi connectivity index (χ0v) is 9.62. The lowest BCUT2D eigenvalue weighted by atomic mass is 10.2. The molecular formula is C11H14ClN3. The van der Waals surface area contributed by atoms with E-state index in [0.29, 0.717) is 0 Å². The number of imidazole rings is 1. The summed E-state index contributed by atoms with van der Waals surface area (Å²) in [6, 6.07) is 3.90. The van der Waals surface area contributed by atoms with Gasteiger partial charge >= 0.3 is 0 Å². The van der Waals surface area contributed by atoms with E-state index >= 15 is 0 Å². The molecule has 1 unspecified atom stereocenters. The van der Waals surface area contributed by atoms with Gasteiger partial charge in [0.15, 0.2) is 0 Å². The summed E-state index contributed by atoms with van der Waals surface area (Å²) in [6.45, 7) is 3.96. The molecule has 2 rings (SSSR count). The average molecular weight is 224 g/mol. The van der Waals surface area contributed by atoms with Gasteiger partial charge in [0.25, 0.3) is 0 Å². The summed E-state index contributed by atoms with van der Waals surface area (Å²) in [5.74, 6) is 0.970. The third-order valence-corrected chi connectivity index (χ3v) is 2.61. The van der Waals surface area contributed by atoms with Gasteiger partial charge in [0.05, 0.1) is 11.2 Å². The van der Waals surface area contributed by atoms with Gasteiger partial charge in [-0.1, -0.05) is 11.6 Å². The smallest absolute Gasteiger partial charge is 0.110 e. The molecule has 2 aromatic heterocycles. The van der Waals surface area contributed by atoms with Crippen LogP contribution in [0.3, 0.4) is 0 Å². The Labute approximate surface area is 93.9 Å². The lowest BCUT2D eigenvalue weighted by molar-refractivity contribution is 0.728. The highest BCUT2D eigenvalue weighted by Crippen LogP contribution is 2.18. The van der Waals surface area contributed by atoms with Crippen molar-refractivity contribution in [3.8, 4) is 0 Å². The summed E-state index contributed by atoms with van der Waals surface area (Å²) in [6.07, 6.45) is 2.71. The van der Waals surface area contributed by atoms with Crippen LogP contribution in [0.25, 0.3) is 5.52 Å². The van der Waals surface area contributed by atoms with Crippen LogP contribution in [-0.4, -0.2) is 15.4 Å². The van der Waals surface area contributed by atoms with Crippen molar-refractivity contribution >= 4 is 17.1 Å². The van der Waals surface area contributed by atoms with Gasteiger partial charge in [0.2, 0.25) is 0 Å². The van der Waals surface area contributed by atoms with Crippen LogP contribution in [0.1, 0.15) is 18.4 Å². The Hall–Kier alpha value is -1.06. The highest BCUT2D eigenvalue weighted by molar-refractivity contribution is 6.30. The highest BCUT2D eigenvalue weighted by atomic mass is 35.5. The molecule has 2 N–H and O–H groups in total. The van der Waals surface area contributed by atoms with Gasteiger partial charge in [-0.2, -0.15) is 0 Å². The van der Waals surface area contributed by atoms with E-state index < -0.39 is 0 Å². The van der Waals surface area contributed by atoms with Crippen LogP contribution in [0.15, 0.2) is 18.3 Å². The molecule has 0 bridgehead atoms. The standard InChI is InChI=1S/C11H14ClN3/c1-7(13)5-10-11-6-9(12)3-4-15(11)8(2)14-10/h3-4,6-7H,5,13H2,1-2H3. The summed E-state index contributed by atoms with van der Waals surface area (Å²) in [5.41, 5.74) is 7.85. The maximum absolute atomic E-state index is 5.96. The van der Waals surface area contributed by atoms with E-state index in [2.05, 4.69) is 4.98 Å². The van der Waals surface area contributed by atoms with E-state index in [9.17, 15) is 0 Å². The predicted molar refractivity (Wildman–Crippen MR) is 62.3 cm³/mol. The second-order valence-corrected chi connectivity index (χ2v) is 4.32. The quantitative estimate of drug-likeness (QED) is 0.848. The first-order chi connectivity index (χ1) is 7.08. The molecule has 0 saturated carbocycles. The lowest BCUT2D eigenvalue weighted by Gasteiger charge is -2.02. The number of nitrogens with two attached hydrogens (primary N) is 1. The summed E-state index contributed by atoms with van der Waals surface area (Å²) in [5, 5.41) is 0.730. The van der Waals surface area contributed by atoms with Crippen molar-refractivity contribution in [3.05, 3.63) is 34.9 Å². The second-order valence-electron chi connectivity index (χ2n) is 3.89. The average Bonchev–Trinajstić information content (AvgIpc) is 2.42. The van der Waals surface area contributed by atoms with Crippen LogP contribution in [0.2, 0.25) is 5.02 Å². The third-order valence-electron chi connectivity index (χ3n) is 2.37. The SMILES string of the molecule is Cc1nc(CC(C)N)c2cc(Cl)ccn12. The molecule has 0 aliphatic carbocycles. The van der Waals surface area contributed by atoms with Crippen molar-refractivity contribution in [2.24, 2.45) is 5.73 Å². The van der Waals surface area contributed by atoms with E-state index in [1.165, 1.54) is 0 Å². The van der Waals surface area contributed by atoms with Crippen LogP contribution in [0.4, 0.5) is 0 Å². The van der Waals surface area contributed by atoms with Crippen LogP contribution in [0, 0.1) is 6.92 Å². The van der Waals surface area contributed by atoms with Gasteiger partial charge in [0, 0.05) is 23.7 Å². The molecule has 2 aromatic rings. The second kappa shape index (κ2) is 3.83. The lowest BCUT2D eigenvalue weighted by Crippen LogP contribution is -2.18. The Morgan fingerprint density at radius 3 is 3.00 bits per heavy atom. The summed E-state index contributed by atoms with van der Waals surface area (Å²) in [7, 11) is 0. The number of nitrogens with zero attached hydrogens (tertiary/aromatic N) is 2. The van der Waals surface area contributed by atoms with Crippen molar-refractivity contribution in [2.75, 3.05) is 0 Å². The minimum Gasteiger partial charge on any atom is -0.328 e. The molecule has 15 heavy (non-hydrogen) atoms. The van der Waals surface area contributed by atoms with Gasteiger partial charge in [-0.25, -0.2) is 4.98 Å². The minimum absolute atomic E-state index is 0.113. The summed E-state index contributed by atoms with van der Waals surface area (Å²) in [4.78, 5) is 4.50. The number of aryl methyl sites for hydroxylation is 1. The third kappa shape index (κ3) is 1.98. The van der Waals surface area contributed by atoms with Gasteiger partial charge in [0.1, 0.15) is 5.82 Å². The number of pyridine rings is 1. The van der Waals surface area contributed by atoms with Crippen molar-refractivity contribution < 1.29 is 0 Å². The Balaban J connectivity index is 2.59. The molecule has 0 aliphatic rings. The molecule has 2 heterocycles. The van der Waals surface area contributed by atoms with E-state index in [1.807, 2.05) is 36.6 Å². The first kappa shape index (κ1) is 10.5. The van der Waals surface area contributed by atoms with E-state index in [4.69, 9.17) is 17.3 Å². The minimum atomic E-state index is 0.113.